The number of esters is 1. The number of hydrogen-bond acceptors (Lipinski definition) is 8. The highest BCUT2D eigenvalue weighted by Crippen LogP contribution is 2.22. The topological polar surface area (TPSA) is 150 Å². The van der Waals surface area contributed by atoms with E-state index in [-0.39, 0.29) is 22.8 Å². The highest BCUT2D eigenvalue weighted by Gasteiger charge is 2.19. The van der Waals surface area contributed by atoms with Gasteiger partial charge in [0.15, 0.2) is 15.5 Å². The van der Waals surface area contributed by atoms with E-state index in [9.17, 15) is 28.1 Å². The van der Waals surface area contributed by atoms with Crippen molar-refractivity contribution in [3.05, 3.63) is 76.1 Å². The summed E-state index contributed by atoms with van der Waals surface area (Å²) in [4.78, 5) is 34.5. The van der Waals surface area contributed by atoms with Gasteiger partial charge in [-0.15, -0.1) is 0 Å². The summed E-state index contributed by atoms with van der Waals surface area (Å²) in [5.41, 5.74) is 0.261. The number of ether oxygens (including phenoxy) is 1. The van der Waals surface area contributed by atoms with Gasteiger partial charge in [-0.2, -0.15) is 5.10 Å². The van der Waals surface area contributed by atoms with E-state index in [1.165, 1.54) is 10.7 Å². The first-order chi connectivity index (χ1) is 15.1. The summed E-state index contributed by atoms with van der Waals surface area (Å²) in [6.07, 6.45) is 2.44. The Hall–Kier alpha value is -4.06. The molecule has 3 rings (SSSR count). The van der Waals surface area contributed by atoms with Crippen LogP contribution in [0.3, 0.4) is 0 Å². The number of nitro groups is 1. The molecule has 0 aliphatic heterocycles. The van der Waals surface area contributed by atoms with Gasteiger partial charge in [-0.05, 0) is 37.3 Å². The van der Waals surface area contributed by atoms with Gasteiger partial charge in [0.1, 0.15) is 0 Å². The fourth-order valence-electron chi connectivity index (χ4n) is 2.74. The first-order valence-electron chi connectivity index (χ1n) is 9.22. The molecule has 0 bridgehead atoms. The Morgan fingerprint density at radius 3 is 2.59 bits per heavy atom. The lowest BCUT2D eigenvalue weighted by Crippen LogP contribution is -2.14. The van der Waals surface area contributed by atoms with Gasteiger partial charge in [0.2, 0.25) is 0 Å². The molecule has 2 aromatic carbocycles. The van der Waals surface area contributed by atoms with E-state index < -0.39 is 32.3 Å². The van der Waals surface area contributed by atoms with Crippen LogP contribution in [0.1, 0.15) is 27.8 Å². The molecule has 0 atom stereocenters. The number of non-ortho nitro benzene ring substituents is 1. The van der Waals surface area contributed by atoms with Gasteiger partial charge in [0.05, 0.1) is 22.1 Å². The van der Waals surface area contributed by atoms with Crippen LogP contribution < -0.4 is 5.32 Å². The molecule has 0 unspecified atom stereocenters. The van der Waals surface area contributed by atoms with Gasteiger partial charge in [-0.25, -0.2) is 17.9 Å². The third kappa shape index (κ3) is 5.16. The summed E-state index contributed by atoms with van der Waals surface area (Å²) < 4.78 is 30.0. The van der Waals surface area contributed by atoms with Crippen LogP contribution in [0.5, 0.6) is 0 Å². The lowest BCUT2D eigenvalue weighted by atomic mass is 10.2. The Bertz CT molecular complexity index is 1310. The molecule has 1 amide bonds. The second-order valence-electron chi connectivity index (χ2n) is 6.62. The molecule has 12 heteroatoms. The average molecular weight is 458 g/mol. The Balaban J connectivity index is 1.88. The number of rotatable bonds is 7. The number of sulfone groups is 1. The van der Waals surface area contributed by atoms with E-state index in [4.69, 9.17) is 4.74 Å². The largest absolute Gasteiger partial charge is 0.461 e. The molecule has 0 saturated carbocycles. The molecule has 32 heavy (non-hydrogen) atoms. The standard InChI is InChI=1S/C20H18N4O7S/c1-3-31-20(26)18-7-8-23(22-18)15-6-4-5-14(11-15)21-19(25)13-9-16(24(27)28)12-17(10-13)32(2,29)30/h4-12H,3H2,1-2H3,(H,21,25). The van der Waals surface area contributed by atoms with Crippen molar-refractivity contribution in [3.63, 3.8) is 0 Å². The number of anilines is 1. The van der Waals surface area contributed by atoms with Crippen LogP contribution >= 0.6 is 0 Å². The molecule has 1 N–H and O–H groups in total. The lowest BCUT2D eigenvalue weighted by molar-refractivity contribution is -0.385. The maximum absolute atomic E-state index is 12.7. The maximum Gasteiger partial charge on any atom is 0.358 e. The first-order valence-corrected chi connectivity index (χ1v) is 11.1. The average Bonchev–Trinajstić information content (AvgIpc) is 3.23. The Labute approximate surface area is 182 Å². The molecule has 0 spiro atoms. The van der Waals surface area contributed by atoms with Crippen molar-refractivity contribution < 1.29 is 27.7 Å². The van der Waals surface area contributed by atoms with Crippen molar-refractivity contribution >= 4 is 33.1 Å². The number of nitro benzene ring substituents is 1. The summed E-state index contributed by atoms with van der Waals surface area (Å²) in [5, 5.41) is 17.9. The van der Waals surface area contributed by atoms with Crippen molar-refractivity contribution in [2.45, 2.75) is 11.8 Å². The Kier molecular flexibility index (Phi) is 6.35. The smallest absolute Gasteiger partial charge is 0.358 e. The lowest BCUT2D eigenvalue weighted by Gasteiger charge is -2.09. The molecule has 11 nitrogen and oxygen atoms in total. The summed E-state index contributed by atoms with van der Waals surface area (Å²) in [6, 6.07) is 10.9. The first kappa shape index (κ1) is 22.6. The van der Waals surface area contributed by atoms with Gasteiger partial charge in [0.25, 0.3) is 11.6 Å². The number of carbonyl (C=O) groups excluding carboxylic acids is 2. The minimum Gasteiger partial charge on any atom is -0.461 e. The van der Waals surface area contributed by atoms with Crippen LogP contribution in [0.15, 0.2) is 59.6 Å². The van der Waals surface area contributed by atoms with Crippen LogP contribution in [0.2, 0.25) is 0 Å². The molecular weight excluding hydrogens is 440 g/mol. The zero-order valence-corrected chi connectivity index (χ0v) is 17.8. The van der Waals surface area contributed by atoms with Crippen molar-refractivity contribution in [3.8, 4) is 5.69 Å². The number of amides is 1. The van der Waals surface area contributed by atoms with Crippen molar-refractivity contribution in [1.82, 2.24) is 9.78 Å². The van der Waals surface area contributed by atoms with Crippen LogP contribution in [0.4, 0.5) is 11.4 Å². The quantitative estimate of drug-likeness (QED) is 0.322. The number of aromatic nitrogens is 2. The van der Waals surface area contributed by atoms with Crippen LogP contribution in [0.25, 0.3) is 5.69 Å². The molecule has 0 aliphatic carbocycles. The Morgan fingerprint density at radius 2 is 1.94 bits per heavy atom. The molecule has 1 heterocycles. The van der Waals surface area contributed by atoms with Gasteiger partial charge >= 0.3 is 5.97 Å². The summed E-state index contributed by atoms with van der Waals surface area (Å²) in [5.74, 6) is -1.30. The number of nitrogens with zero attached hydrogens (tertiary/aromatic N) is 3. The number of hydrogen-bond donors (Lipinski definition) is 1. The molecule has 0 radical (unpaired) electrons. The molecule has 0 fully saturated rings. The van der Waals surface area contributed by atoms with Crippen LogP contribution in [0, 0.1) is 10.1 Å². The van der Waals surface area contributed by atoms with Crippen LogP contribution in [-0.4, -0.2) is 47.9 Å². The fourth-order valence-corrected chi connectivity index (χ4v) is 3.42. The second kappa shape index (κ2) is 8.98. The van der Waals surface area contributed by atoms with E-state index >= 15 is 0 Å². The molecule has 3 aromatic rings. The molecule has 166 valence electrons. The van der Waals surface area contributed by atoms with Crippen molar-refractivity contribution in [2.75, 3.05) is 18.2 Å². The van der Waals surface area contributed by atoms with Crippen LogP contribution in [-0.2, 0) is 14.6 Å². The monoisotopic (exact) mass is 458 g/mol. The van der Waals surface area contributed by atoms with E-state index in [1.54, 1.807) is 37.4 Å². The highest BCUT2D eigenvalue weighted by molar-refractivity contribution is 7.90. The third-order valence-corrected chi connectivity index (χ3v) is 5.33. The zero-order chi connectivity index (χ0) is 23.5. The summed E-state index contributed by atoms with van der Waals surface area (Å²) in [6.45, 7) is 1.90. The molecule has 1 aromatic heterocycles. The van der Waals surface area contributed by atoms with Crippen molar-refractivity contribution in [1.29, 1.82) is 0 Å². The summed E-state index contributed by atoms with van der Waals surface area (Å²) in [7, 11) is -3.77. The van der Waals surface area contributed by atoms with E-state index in [1.807, 2.05) is 0 Å². The molecule has 0 aliphatic rings. The highest BCUT2D eigenvalue weighted by atomic mass is 32.2. The SMILES string of the molecule is CCOC(=O)c1ccn(-c2cccc(NC(=O)c3cc([N+](=O)[O-])cc(S(C)(=O)=O)c3)c2)n1. The third-order valence-electron chi connectivity index (χ3n) is 4.23. The predicted molar refractivity (Wildman–Crippen MR) is 114 cm³/mol. The van der Waals surface area contributed by atoms with Gasteiger partial charge in [-0.3, -0.25) is 14.9 Å². The zero-order valence-electron chi connectivity index (χ0n) is 17.0. The maximum atomic E-state index is 12.7. The molecular formula is C20H18N4O7S. The fraction of sp³-hybridized carbons (Fsp3) is 0.150. The second-order valence-corrected chi connectivity index (χ2v) is 8.63. The number of carbonyl (C=O) groups is 2. The number of nitrogens with one attached hydrogen (secondary N) is 1. The predicted octanol–water partition coefficient (Wildman–Crippen LogP) is 2.61. The minimum atomic E-state index is -3.77. The van der Waals surface area contributed by atoms with E-state index in [0.29, 0.717) is 11.4 Å². The molecule has 0 saturated heterocycles. The van der Waals surface area contributed by atoms with Gasteiger partial charge < -0.3 is 10.1 Å². The van der Waals surface area contributed by atoms with Crippen molar-refractivity contribution in [2.24, 2.45) is 0 Å². The normalized spacial score (nSPS) is 11.1. The van der Waals surface area contributed by atoms with E-state index in [0.717, 1.165) is 24.5 Å². The van der Waals surface area contributed by atoms with E-state index in [2.05, 4.69) is 10.4 Å². The van der Waals surface area contributed by atoms with Gasteiger partial charge in [0, 0.05) is 35.8 Å². The Morgan fingerprint density at radius 1 is 1.19 bits per heavy atom. The number of benzene rings is 2. The summed E-state index contributed by atoms with van der Waals surface area (Å²) >= 11 is 0. The van der Waals surface area contributed by atoms with Gasteiger partial charge in [-0.1, -0.05) is 6.07 Å². The minimum absolute atomic E-state index is 0.117.